The number of carbonyl (C=O) groups excluding carboxylic acids is 1. The van der Waals surface area contributed by atoms with Crippen LogP contribution in [-0.2, 0) is 9.53 Å². The van der Waals surface area contributed by atoms with Gasteiger partial charge in [0.1, 0.15) is 0 Å². The standard InChI is InChI=1S/C12H12N2O2/c1-9(10-6-4-3-5-7-10)8-11(14-13)12(15)16-2/h3-8H,1-2H3/b9-8+. The van der Waals surface area contributed by atoms with Crippen molar-refractivity contribution in [1.82, 2.24) is 0 Å². The monoisotopic (exact) mass is 216 g/mol. The van der Waals surface area contributed by atoms with Crippen LogP contribution in [0.3, 0.4) is 0 Å². The quantitative estimate of drug-likeness (QED) is 0.335. The van der Waals surface area contributed by atoms with E-state index in [1.165, 1.54) is 13.2 Å². The number of ether oxygens (including phenoxy) is 1. The fourth-order valence-electron chi connectivity index (χ4n) is 1.22. The predicted octanol–water partition coefficient (Wildman–Crippen LogP) is 1.93. The largest absolute Gasteiger partial charge is 0.460 e. The number of rotatable bonds is 3. The van der Waals surface area contributed by atoms with Gasteiger partial charge in [-0.3, -0.25) is 0 Å². The first-order valence-corrected chi connectivity index (χ1v) is 4.73. The van der Waals surface area contributed by atoms with Gasteiger partial charge in [0.15, 0.2) is 0 Å². The summed E-state index contributed by atoms with van der Waals surface area (Å²) in [4.78, 5) is 14.0. The summed E-state index contributed by atoms with van der Waals surface area (Å²) >= 11 is 0. The van der Waals surface area contributed by atoms with Gasteiger partial charge < -0.3 is 10.3 Å². The van der Waals surface area contributed by atoms with Crippen molar-refractivity contribution < 1.29 is 14.3 Å². The first-order valence-electron chi connectivity index (χ1n) is 4.73. The average Bonchev–Trinajstić information content (AvgIpc) is 2.35. The fraction of sp³-hybridized carbons (Fsp3) is 0.167. The summed E-state index contributed by atoms with van der Waals surface area (Å²) in [6, 6.07) is 9.48. The molecule has 0 heterocycles. The molecule has 16 heavy (non-hydrogen) atoms. The summed E-state index contributed by atoms with van der Waals surface area (Å²) < 4.78 is 4.47. The third kappa shape index (κ3) is 2.90. The van der Waals surface area contributed by atoms with E-state index in [2.05, 4.69) is 9.53 Å². The lowest BCUT2D eigenvalue weighted by Crippen LogP contribution is -2.14. The van der Waals surface area contributed by atoms with E-state index in [0.29, 0.717) is 0 Å². The van der Waals surface area contributed by atoms with E-state index in [0.717, 1.165) is 11.1 Å². The van der Waals surface area contributed by atoms with Crippen LogP contribution < -0.4 is 0 Å². The Morgan fingerprint density at radius 3 is 2.50 bits per heavy atom. The van der Waals surface area contributed by atoms with Crippen molar-refractivity contribution in [2.45, 2.75) is 6.92 Å². The van der Waals surface area contributed by atoms with Crippen LogP contribution in [0.4, 0.5) is 0 Å². The van der Waals surface area contributed by atoms with Crippen LogP contribution >= 0.6 is 0 Å². The molecule has 1 aromatic rings. The second-order valence-corrected chi connectivity index (χ2v) is 3.17. The summed E-state index contributed by atoms with van der Waals surface area (Å²) in [5.74, 6) is -0.669. The number of esters is 1. The molecule has 82 valence electrons. The molecule has 0 fully saturated rings. The summed E-state index contributed by atoms with van der Waals surface area (Å²) in [7, 11) is 1.24. The zero-order valence-corrected chi connectivity index (χ0v) is 9.18. The number of benzene rings is 1. The summed E-state index contributed by atoms with van der Waals surface area (Å²) in [5.41, 5.74) is 10.3. The van der Waals surface area contributed by atoms with Gasteiger partial charge in [0.05, 0.1) is 7.11 Å². The molecule has 0 spiro atoms. The number of hydrogen-bond donors (Lipinski definition) is 0. The van der Waals surface area contributed by atoms with E-state index in [4.69, 9.17) is 5.53 Å². The molecule has 4 nitrogen and oxygen atoms in total. The minimum Gasteiger partial charge on any atom is -0.460 e. The lowest BCUT2D eigenvalue weighted by molar-refractivity contribution is -0.137. The summed E-state index contributed by atoms with van der Waals surface area (Å²) in [5, 5.41) is 0. The molecule has 0 saturated carbocycles. The molecule has 0 amide bonds. The van der Waals surface area contributed by atoms with Crippen LogP contribution in [0, 0.1) is 0 Å². The zero-order chi connectivity index (χ0) is 12.0. The van der Waals surface area contributed by atoms with E-state index in [-0.39, 0.29) is 5.71 Å². The second kappa shape index (κ2) is 5.63. The van der Waals surface area contributed by atoms with Crippen molar-refractivity contribution in [3.8, 4) is 0 Å². The Kier molecular flexibility index (Phi) is 4.18. The molecule has 0 saturated heterocycles. The minimum atomic E-state index is -0.669. The van der Waals surface area contributed by atoms with E-state index < -0.39 is 5.97 Å². The van der Waals surface area contributed by atoms with Gasteiger partial charge in [-0.15, -0.1) is 0 Å². The van der Waals surface area contributed by atoms with E-state index in [9.17, 15) is 4.79 Å². The van der Waals surface area contributed by atoms with Crippen LogP contribution in [0.2, 0.25) is 0 Å². The third-order valence-electron chi connectivity index (χ3n) is 2.08. The number of methoxy groups -OCH3 is 1. The molecule has 0 atom stereocenters. The van der Waals surface area contributed by atoms with Gasteiger partial charge in [-0.05, 0) is 18.1 Å². The van der Waals surface area contributed by atoms with Crippen LogP contribution in [0.1, 0.15) is 12.5 Å². The van der Waals surface area contributed by atoms with Crippen molar-refractivity contribution in [2.75, 3.05) is 7.11 Å². The Hall–Kier alpha value is -2.19. The lowest BCUT2D eigenvalue weighted by Gasteiger charge is -1.98. The maximum absolute atomic E-state index is 11.2. The fourth-order valence-corrected chi connectivity index (χ4v) is 1.22. The molecule has 1 rings (SSSR count). The van der Waals surface area contributed by atoms with Crippen molar-refractivity contribution >= 4 is 17.3 Å². The molecular weight excluding hydrogens is 204 g/mol. The van der Waals surface area contributed by atoms with Gasteiger partial charge in [0.25, 0.3) is 0 Å². The van der Waals surface area contributed by atoms with Gasteiger partial charge in [-0.2, -0.15) is 4.79 Å². The number of nitrogens with zero attached hydrogens (tertiary/aromatic N) is 2. The lowest BCUT2D eigenvalue weighted by atomic mass is 10.1. The molecule has 0 aliphatic carbocycles. The SMILES string of the molecule is COC(=O)C(/C=C(\C)c1ccccc1)=[N+]=[N-]. The Labute approximate surface area is 93.8 Å². The third-order valence-corrected chi connectivity index (χ3v) is 2.08. The first-order chi connectivity index (χ1) is 7.69. The highest BCUT2D eigenvalue weighted by Crippen LogP contribution is 2.12. The maximum atomic E-state index is 11.2. The highest BCUT2D eigenvalue weighted by atomic mass is 16.5. The van der Waals surface area contributed by atoms with Crippen molar-refractivity contribution in [2.24, 2.45) is 0 Å². The van der Waals surface area contributed by atoms with Crippen LogP contribution in [0.25, 0.3) is 11.1 Å². The van der Waals surface area contributed by atoms with Crippen molar-refractivity contribution in [3.05, 3.63) is 47.5 Å². The molecule has 4 heteroatoms. The van der Waals surface area contributed by atoms with Gasteiger partial charge in [-0.1, -0.05) is 30.3 Å². The molecule has 0 aliphatic heterocycles. The smallest absolute Gasteiger partial charge is 0.421 e. The Bertz CT molecular complexity index is 457. The summed E-state index contributed by atoms with van der Waals surface area (Å²) in [6.07, 6.45) is 1.47. The van der Waals surface area contributed by atoms with Crippen molar-refractivity contribution in [1.29, 1.82) is 0 Å². The normalized spacial score (nSPS) is 10.5. The molecule has 0 aliphatic rings. The highest BCUT2D eigenvalue weighted by Gasteiger charge is 2.17. The number of allylic oxidation sites excluding steroid dienone is 1. The van der Waals surface area contributed by atoms with Crippen LogP contribution in [-0.4, -0.2) is 23.6 Å². The van der Waals surface area contributed by atoms with Gasteiger partial charge in [0.2, 0.25) is 0 Å². The molecule has 0 aromatic heterocycles. The van der Waals surface area contributed by atoms with E-state index in [1.807, 2.05) is 37.3 Å². The van der Waals surface area contributed by atoms with Crippen molar-refractivity contribution in [3.63, 3.8) is 0 Å². The molecular formula is C12H12N2O2. The van der Waals surface area contributed by atoms with Crippen LogP contribution in [0.5, 0.6) is 0 Å². The molecule has 0 N–H and O–H groups in total. The number of hydrogen-bond acceptors (Lipinski definition) is 2. The molecule has 0 bridgehead atoms. The Balaban J connectivity index is 3.01. The molecule has 0 unspecified atom stereocenters. The van der Waals surface area contributed by atoms with Gasteiger partial charge >= 0.3 is 11.7 Å². The zero-order valence-electron chi connectivity index (χ0n) is 9.18. The van der Waals surface area contributed by atoms with Gasteiger partial charge in [-0.25, -0.2) is 4.79 Å². The predicted molar refractivity (Wildman–Crippen MR) is 60.7 cm³/mol. The number of carbonyl (C=O) groups is 1. The molecule has 1 aromatic carbocycles. The minimum absolute atomic E-state index is 0.121. The average molecular weight is 216 g/mol. The van der Waals surface area contributed by atoms with Crippen LogP contribution in [0.15, 0.2) is 36.4 Å². The van der Waals surface area contributed by atoms with E-state index >= 15 is 0 Å². The highest BCUT2D eigenvalue weighted by molar-refractivity contribution is 6.39. The Morgan fingerprint density at radius 1 is 1.38 bits per heavy atom. The first kappa shape index (κ1) is 11.9. The van der Waals surface area contributed by atoms with Gasteiger partial charge in [0, 0.05) is 6.08 Å². The molecule has 0 radical (unpaired) electrons. The van der Waals surface area contributed by atoms with E-state index in [1.54, 1.807) is 0 Å². The summed E-state index contributed by atoms with van der Waals surface area (Å²) in [6.45, 7) is 1.82. The maximum Gasteiger partial charge on any atom is 0.421 e. The second-order valence-electron chi connectivity index (χ2n) is 3.17. The topological polar surface area (TPSA) is 62.7 Å². The Morgan fingerprint density at radius 2 is 2.00 bits per heavy atom.